The highest BCUT2D eigenvalue weighted by atomic mass is 16.3. The van der Waals surface area contributed by atoms with Crippen molar-refractivity contribution in [1.82, 2.24) is 19.3 Å². The van der Waals surface area contributed by atoms with Crippen molar-refractivity contribution in [3.05, 3.63) is 102 Å². The molecule has 5 aromatic rings. The van der Waals surface area contributed by atoms with E-state index in [0.29, 0.717) is 17.5 Å². The van der Waals surface area contributed by atoms with Crippen LogP contribution in [0.4, 0.5) is 0 Å². The fourth-order valence-electron chi connectivity index (χ4n) is 4.81. The maximum atomic E-state index is 10.3. The monoisotopic (exact) mass is 476 g/mol. The molecule has 3 aromatic carbocycles. The standard InChI is InChI=1S/C31H32N4O/c1-20(2)25-12-9-13-26(21(3)4)30(25)34-17-16-32-31(34)24-11-8-10-23(19-24)27-18-22(5)35(33-27)28-14-6-7-15-29(28)36/h6-21,36H,1-5H3. The number of para-hydroxylation sites is 3. The van der Waals surface area contributed by atoms with E-state index in [4.69, 9.17) is 10.1 Å². The van der Waals surface area contributed by atoms with Gasteiger partial charge in [0.2, 0.25) is 0 Å². The van der Waals surface area contributed by atoms with Gasteiger partial charge >= 0.3 is 0 Å². The molecule has 5 heteroatoms. The van der Waals surface area contributed by atoms with Crippen LogP contribution in [0.5, 0.6) is 5.75 Å². The summed E-state index contributed by atoms with van der Waals surface area (Å²) in [5.41, 5.74) is 8.34. The molecular formula is C31H32N4O. The molecule has 1 N–H and O–H groups in total. The van der Waals surface area contributed by atoms with E-state index in [1.54, 1.807) is 10.7 Å². The second kappa shape index (κ2) is 9.50. The third-order valence-electron chi connectivity index (χ3n) is 6.64. The van der Waals surface area contributed by atoms with Crippen LogP contribution in [0.3, 0.4) is 0 Å². The molecule has 0 unspecified atom stereocenters. The Bertz CT molecular complexity index is 1500. The predicted octanol–water partition coefficient (Wildman–Crippen LogP) is 7.65. The van der Waals surface area contributed by atoms with Crippen LogP contribution in [-0.4, -0.2) is 24.4 Å². The summed E-state index contributed by atoms with van der Waals surface area (Å²) >= 11 is 0. The first-order chi connectivity index (χ1) is 17.3. The van der Waals surface area contributed by atoms with Gasteiger partial charge in [-0.25, -0.2) is 9.67 Å². The molecule has 0 atom stereocenters. The Labute approximate surface area is 212 Å². The molecule has 5 nitrogen and oxygen atoms in total. The van der Waals surface area contributed by atoms with Gasteiger partial charge in [0, 0.05) is 29.2 Å². The van der Waals surface area contributed by atoms with E-state index >= 15 is 0 Å². The summed E-state index contributed by atoms with van der Waals surface area (Å²) in [4.78, 5) is 4.78. The average Bonchev–Trinajstić information content (AvgIpc) is 3.51. The maximum Gasteiger partial charge on any atom is 0.144 e. The minimum Gasteiger partial charge on any atom is -0.506 e. The van der Waals surface area contributed by atoms with E-state index in [-0.39, 0.29) is 5.75 Å². The summed E-state index contributed by atoms with van der Waals surface area (Å²) in [5.74, 6) is 1.89. The fourth-order valence-corrected chi connectivity index (χ4v) is 4.81. The van der Waals surface area contributed by atoms with Crippen LogP contribution in [0.2, 0.25) is 0 Å². The number of phenolic OH excluding ortho intramolecular Hbond substituents is 1. The highest BCUT2D eigenvalue weighted by Gasteiger charge is 2.19. The first-order valence-electron chi connectivity index (χ1n) is 12.5. The number of nitrogens with zero attached hydrogens (tertiary/aromatic N) is 4. The highest BCUT2D eigenvalue weighted by Crippen LogP contribution is 2.35. The van der Waals surface area contributed by atoms with Crippen molar-refractivity contribution >= 4 is 0 Å². The molecule has 36 heavy (non-hydrogen) atoms. The number of aromatic hydroxyl groups is 1. The van der Waals surface area contributed by atoms with E-state index in [9.17, 15) is 5.11 Å². The molecule has 0 saturated heterocycles. The van der Waals surface area contributed by atoms with Gasteiger partial charge < -0.3 is 5.11 Å². The quantitative estimate of drug-likeness (QED) is 0.274. The van der Waals surface area contributed by atoms with Crippen molar-refractivity contribution in [2.75, 3.05) is 0 Å². The Morgan fingerprint density at radius 1 is 0.778 bits per heavy atom. The number of aryl methyl sites for hydroxylation is 1. The van der Waals surface area contributed by atoms with E-state index < -0.39 is 0 Å². The minimum absolute atomic E-state index is 0.204. The SMILES string of the molecule is Cc1cc(-c2cccc(-c3nccn3-c3c(C(C)C)cccc3C(C)C)c2)nn1-c1ccccc1O. The molecule has 0 aliphatic heterocycles. The van der Waals surface area contributed by atoms with Gasteiger partial charge in [-0.15, -0.1) is 0 Å². The van der Waals surface area contributed by atoms with Gasteiger partial charge in [0.15, 0.2) is 0 Å². The Hall–Kier alpha value is -4.12. The van der Waals surface area contributed by atoms with Gasteiger partial charge in [-0.1, -0.05) is 76.2 Å². The lowest BCUT2D eigenvalue weighted by atomic mass is 9.92. The lowest BCUT2D eigenvalue weighted by molar-refractivity contribution is 0.470. The van der Waals surface area contributed by atoms with Crippen LogP contribution >= 0.6 is 0 Å². The normalized spacial score (nSPS) is 11.5. The number of imidazole rings is 1. The van der Waals surface area contributed by atoms with Gasteiger partial charge in [0.05, 0.1) is 11.4 Å². The summed E-state index contributed by atoms with van der Waals surface area (Å²) in [6.45, 7) is 11.0. The number of hydrogen-bond acceptors (Lipinski definition) is 3. The zero-order chi connectivity index (χ0) is 25.4. The van der Waals surface area contributed by atoms with E-state index in [2.05, 4.69) is 80.9 Å². The molecule has 0 fully saturated rings. The minimum atomic E-state index is 0.204. The Balaban J connectivity index is 1.61. The average molecular weight is 477 g/mol. The number of rotatable bonds is 6. The Morgan fingerprint density at radius 3 is 2.14 bits per heavy atom. The van der Waals surface area contributed by atoms with Crippen LogP contribution < -0.4 is 0 Å². The summed E-state index contributed by atoms with van der Waals surface area (Å²) in [7, 11) is 0. The summed E-state index contributed by atoms with van der Waals surface area (Å²) < 4.78 is 4.02. The molecule has 0 aliphatic carbocycles. The first-order valence-corrected chi connectivity index (χ1v) is 12.5. The molecule has 0 spiro atoms. The van der Waals surface area contributed by atoms with Gasteiger partial charge in [0.1, 0.15) is 17.3 Å². The lowest BCUT2D eigenvalue weighted by Gasteiger charge is -2.21. The Morgan fingerprint density at radius 2 is 1.44 bits per heavy atom. The number of benzene rings is 3. The van der Waals surface area contributed by atoms with Crippen molar-refractivity contribution in [1.29, 1.82) is 0 Å². The van der Waals surface area contributed by atoms with Gasteiger partial charge in [0.25, 0.3) is 0 Å². The van der Waals surface area contributed by atoms with Crippen molar-refractivity contribution in [3.63, 3.8) is 0 Å². The topological polar surface area (TPSA) is 55.9 Å². The van der Waals surface area contributed by atoms with Gasteiger partial charge in [-0.2, -0.15) is 5.10 Å². The van der Waals surface area contributed by atoms with Crippen LogP contribution in [-0.2, 0) is 0 Å². The summed E-state index contributed by atoms with van der Waals surface area (Å²) in [6.07, 6.45) is 3.94. The molecular weight excluding hydrogens is 444 g/mol. The third kappa shape index (κ3) is 4.22. The van der Waals surface area contributed by atoms with Gasteiger partial charge in [-0.05, 0) is 54.2 Å². The first kappa shape index (κ1) is 23.6. The van der Waals surface area contributed by atoms with Crippen molar-refractivity contribution in [3.8, 4) is 39.8 Å². The highest BCUT2D eigenvalue weighted by molar-refractivity contribution is 5.70. The van der Waals surface area contributed by atoms with E-state index in [1.807, 2.05) is 37.4 Å². The molecule has 0 aliphatic rings. The zero-order valence-electron chi connectivity index (χ0n) is 21.5. The van der Waals surface area contributed by atoms with Gasteiger partial charge in [-0.3, -0.25) is 4.57 Å². The number of phenols is 1. The third-order valence-corrected chi connectivity index (χ3v) is 6.64. The van der Waals surface area contributed by atoms with E-state index in [0.717, 1.165) is 28.3 Å². The van der Waals surface area contributed by atoms with Crippen molar-refractivity contribution in [2.24, 2.45) is 0 Å². The predicted molar refractivity (Wildman–Crippen MR) is 146 cm³/mol. The number of hydrogen-bond donors (Lipinski definition) is 1. The molecule has 0 amide bonds. The van der Waals surface area contributed by atoms with Crippen LogP contribution in [0.1, 0.15) is 56.4 Å². The van der Waals surface area contributed by atoms with Crippen LogP contribution in [0, 0.1) is 6.92 Å². The molecule has 5 rings (SSSR count). The fraction of sp³-hybridized carbons (Fsp3) is 0.226. The molecule has 2 heterocycles. The lowest BCUT2D eigenvalue weighted by Crippen LogP contribution is -2.07. The summed E-state index contributed by atoms with van der Waals surface area (Å²) in [5, 5.41) is 15.1. The number of aromatic nitrogens is 4. The maximum absolute atomic E-state index is 10.3. The smallest absolute Gasteiger partial charge is 0.144 e. The molecule has 2 aromatic heterocycles. The van der Waals surface area contributed by atoms with E-state index in [1.165, 1.54) is 16.8 Å². The molecule has 182 valence electrons. The largest absolute Gasteiger partial charge is 0.506 e. The second-order valence-electron chi connectivity index (χ2n) is 9.87. The van der Waals surface area contributed by atoms with Crippen LogP contribution in [0.25, 0.3) is 34.0 Å². The Kier molecular flexibility index (Phi) is 6.23. The summed E-state index contributed by atoms with van der Waals surface area (Å²) in [6, 6.07) is 24.3. The molecule has 0 saturated carbocycles. The molecule has 0 radical (unpaired) electrons. The second-order valence-corrected chi connectivity index (χ2v) is 9.87. The molecule has 0 bridgehead atoms. The van der Waals surface area contributed by atoms with Crippen molar-refractivity contribution < 1.29 is 5.11 Å². The van der Waals surface area contributed by atoms with Crippen molar-refractivity contribution in [2.45, 2.75) is 46.5 Å². The zero-order valence-corrected chi connectivity index (χ0v) is 21.5. The van der Waals surface area contributed by atoms with Crippen LogP contribution in [0.15, 0.2) is 85.2 Å².